The van der Waals surface area contributed by atoms with E-state index >= 15 is 0 Å². The molecule has 0 aliphatic carbocycles. The van der Waals surface area contributed by atoms with Gasteiger partial charge in [0.25, 0.3) is 11.8 Å². The molecule has 0 saturated carbocycles. The number of rotatable bonds is 5. The first-order valence-corrected chi connectivity index (χ1v) is 7.29. The lowest BCUT2D eigenvalue weighted by atomic mass is 10.1. The maximum atomic E-state index is 12.0. The number of hydrogen-bond donors (Lipinski definition) is 1. The lowest BCUT2D eigenvalue weighted by Gasteiger charge is -2.06. The Hall–Kier alpha value is -3.56. The summed E-state index contributed by atoms with van der Waals surface area (Å²) in [6.07, 6.45) is 2.58. The van der Waals surface area contributed by atoms with Crippen LogP contribution in [0.5, 0.6) is 0 Å². The van der Waals surface area contributed by atoms with Gasteiger partial charge in [0.2, 0.25) is 12.2 Å². The summed E-state index contributed by atoms with van der Waals surface area (Å²) in [5, 5.41) is 13.2. The summed E-state index contributed by atoms with van der Waals surface area (Å²) in [4.78, 5) is 50.3. The molecule has 1 aliphatic rings. The van der Waals surface area contributed by atoms with Gasteiger partial charge in [-0.2, -0.15) is 0 Å². The number of nitrogens with one attached hydrogen (secondary N) is 1. The summed E-state index contributed by atoms with van der Waals surface area (Å²) >= 11 is 0. The molecule has 2 aromatic rings. The number of anilines is 1. The Morgan fingerprint density at radius 3 is 2.68 bits per heavy atom. The second-order valence-corrected chi connectivity index (χ2v) is 5.45. The number of imidazole rings is 1. The van der Waals surface area contributed by atoms with Gasteiger partial charge in [-0.25, -0.2) is 0 Å². The predicted octanol–water partition coefficient (Wildman–Crippen LogP) is 1.05. The molecule has 1 N–H and O–H groups in total. The predicted molar refractivity (Wildman–Crippen MR) is 85.0 cm³/mol. The van der Waals surface area contributed by atoms with Crippen LogP contribution in [0.4, 0.5) is 11.5 Å². The van der Waals surface area contributed by atoms with Gasteiger partial charge in [0.1, 0.15) is 6.20 Å². The minimum absolute atomic E-state index is 0.0668. The molecule has 0 bridgehead atoms. The second-order valence-electron chi connectivity index (χ2n) is 5.45. The highest BCUT2D eigenvalue weighted by atomic mass is 16.6. The number of hydrogen-bond acceptors (Lipinski definition) is 6. The fourth-order valence-corrected chi connectivity index (χ4v) is 2.46. The number of aromatic nitrogens is 2. The molecule has 2 heterocycles. The molecule has 0 saturated heterocycles. The highest BCUT2D eigenvalue weighted by molar-refractivity contribution is 6.21. The number of nitrogens with zero attached hydrogens (tertiary/aromatic N) is 4. The van der Waals surface area contributed by atoms with E-state index in [2.05, 4.69) is 10.3 Å². The minimum atomic E-state index is -0.615. The van der Waals surface area contributed by atoms with Crippen molar-refractivity contribution in [3.05, 3.63) is 52.0 Å². The van der Waals surface area contributed by atoms with Crippen molar-refractivity contribution < 1.29 is 19.3 Å². The van der Waals surface area contributed by atoms with E-state index in [1.807, 2.05) is 0 Å². The number of carbonyl (C=O) groups is 3. The van der Waals surface area contributed by atoms with E-state index in [0.29, 0.717) is 11.3 Å². The van der Waals surface area contributed by atoms with E-state index in [1.54, 1.807) is 6.07 Å². The van der Waals surface area contributed by atoms with Crippen LogP contribution in [0.2, 0.25) is 0 Å². The van der Waals surface area contributed by atoms with Crippen LogP contribution in [0.3, 0.4) is 0 Å². The lowest BCUT2D eigenvalue weighted by molar-refractivity contribution is -0.389. The van der Waals surface area contributed by atoms with Crippen LogP contribution in [-0.2, 0) is 11.3 Å². The highest BCUT2D eigenvalue weighted by Crippen LogP contribution is 2.24. The van der Waals surface area contributed by atoms with Crippen molar-refractivity contribution in [3.63, 3.8) is 0 Å². The van der Waals surface area contributed by atoms with E-state index < -0.39 is 10.8 Å². The topological polar surface area (TPSA) is 127 Å². The van der Waals surface area contributed by atoms with E-state index in [-0.39, 0.29) is 36.2 Å². The monoisotopic (exact) mass is 343 g/mol. The van der Waals surface area contributed by atoms with E-state index in [9.17, 15) is 24.5 Å². The Balaban J connectivity index is 1.63. The first kappa shape index (κ1) is 16.3. The molecule has 1 aromatic heterocycles. The molecule has 128 valence electrons. The van der Waals surface area contributed by atoms with Gasteiger partial charge in [-0.05, 0) is 28.1 Å². The van der Waals surface area contributed by atoms with Gasteiger partial charge in [0.15, 0.2) is 0 Å². The summed E-state index contributed by atoms with van der Waals surface area (Å²) in [6, 6.07) is 4.50. The average molecular weight is 343 g/mol. The molecule has 3 amide bonds. The summed E-state index contributed by atoms with van der Waals surface area (Å²) in [5.41, 5.74) is 0.948. The van der Waals surface area contributed by atoms with Crippen molar-refractivity contribution in [2.75, 3.05) is 12.4 Å². The van der Waals surface area contributed by atoms with Crippen molar-refractivity contribution in [1.82, 2.24) is 14.5 Å². The number of amides is 3. The number of carbonyl (C=O) groups excluding carboxylic acids is 3. The largest absolute Gasteiger partial charge is 0.381 e. The van der Waals surface area contributed by atoms with Crippen molar-refractivity contribution in [3.8, 4) is 0 Å². The summed E-state index contributed by atoms with van der Waals surface area (Å²) in [5.74, 6) is -1.41. The quantitative estimate of drug-likeness (QED) is 0.491. The van der Waals surface area contributed by atoms with Crippen molar-refractivity contribution >= 4 is 29.2 Å². The molecular weight excluding hydrogens is 330 g/mol. The number of aryl methyl sites for hydroxylation is 1. The molecule has 0 unspecified atom stereocenters. The lowest BCUT2D eigenvalue weighted by Crippen LogP contribution is -2.24. The SMILES string of the molecule is CN1C(=O)c2ccc(NC(=O)CCn3cnc([N+](=O)[O-])c3)cc2C1=O. The van der Waals surface area contributed by atoms with Crippen LogP contribution in [-0.4, -0.2) is 44.1 Å². The summed E-state index contributed by atoms with van der Waals surface area (Å²) < 4.78 is 1.44. The number of nitro groups is 1. The van der Waals surface area contributed by atoms with Crippen molar-refractivity contribution in [1.29, 1.82) is 0 Å². The fraction of sp³-hybridized carbons (Fsp3) is 0.200. The highest BCUT2D eigenvalue weighted by Gasteiger charge is 2.32. The molecule has 3 rings (SSSR count). The Kier molecular flexibility index (Phi) is 4.01. The number of fused-ring (bicyclic) bond motifs is 1. The molecule has 0 radical (unpaired) electrons. The Morgan fingerprint density at radius 2 is 2.00 bits per heavy atom. The van der Waals surface area contributed by atoms with Crippen LogP contribution in [0.25, 0.3) is 0 Å². The van der Waals surface area contributed by atoms with E-state index in [0.717, 1.165) is 4.90 Å². The van der Waals surface area contributed by atoms with E-state index in [1.165, 1.54) is 36.3 Å². The zero-order valence-corrected chi connectivity index (χ0v) is 13.1. The third kappa shape index (κ3) is 3.09. The molecule has 10 nitrogen and oxygen atoms in total. The van der Waals surface area contributed by atoms with Gasteiger partial charge in [0, 0.05) is 25.7 Å². The van der Waals surface area contributed by atoms with Crippen LogP contribution in [0, 0.1) is 10.1 Å². The minimum Gasteiger partial charge on any atom is -0.358 e. The van der Waals surface area contributed by atoms with Gasteiger partial charge in [0.05, 0.1) is 11.1 Å². The Bertz CT molecular complexity index is 903. The maximum absolute atomic E-state index is 12.0. The Labute approximate surface area is 141 Å². The van der Waals surface area contributed by atoms with Gasteiger partial charge >= 0.3 is 5.82 Å². The molecule has 0 fully saturated rings. The molecular formula is C15H13N5O5. The average Bonchev–Trinajstić information content (AvgIpc) is 3.14. The summed E-state index contributed by atoms with van der Waals surface area (Å²) in [7, 11) is 1.40. The number of imide groups is 1. The van der Waals surface area contributed by atoms with Gasteiger partial charge in [-0.1, -0.05) is 0 Å². The maximum Gasteiger partial charge on any atom is 0.381 e. The van der Waals surface area contributed by atoms with Crippen molar-refractivity contribution in [2.24, 2.45) is 0 Å². The molecule has 25 heavy (non-hydrogen) atoms. The summed E-state index contributed by atoms with van der Waals surface area (Å²) in [6.45, 7) is 0.220. The standard InChI is InChI=1S/C15H13N5O5/c1-18-14(22)10-3-2-9(6-11(10)15(18)23)17-13(21)4-5-19-7-12(16-8-19)20(24)25/h2-3,6-8H,4-5H2,1H3,(H,17,21). The molecule has 1 aromatic carbocycles. The third-order valence-corrected chi connectivity index (χ3v) is 3.78. The van der Waals surface area contributed by atoms with Crippen LogP contribution >= 0.6 is 0 Å². The van der Waals surface area contributed by atoms with Crippen LogP contribution in [0.1, 0.15) is 27.1 Å². The molecule has 0 atom stereocenters. The van der Waals surface area contributed by atoms with Gasteiger partial charge < -0.3 is 20.0 Å². The first-order chi connectivity index (χ1) is 11.9. The normalized spacial score (nSPS) is 13.1. The van der Waals surface area contributed by atoms with Crippen LogP contribution < -0.4 is 5.32 Å². The Morgan fingerprint density at radius 1 is 1.28 bits per heavy atom. The zero-order valence-electron chi connectivity index (χ0n) is 13.1. The molecule has 0 spiro atoms. The molecule has 1 aliphatic heterocycles. The van der Waals surface area contributed by atoms with Crippen molar-refractivity contribution in [2.45, 2.75) is 13.0 Å². The first-order valence-electron chi connectivity index (χ1n) is 7.29. The zero-order chi connectivity index (χ0) is 18.1. The molecule has 10 heteroatoms. The van der Waals surface area contributed by atoms with Gasteiger partial charge in [-0.15, -0.1) is 0 Å². The smallest absolute Gasteiger partial charge is 0.358 e. The second kappa shape index (κ2) is 6.15. The van der Waals surface area contributed by atoms with E-state index in [4.69, 9.17) is 0 Å². The third-order valence-electron chi connectivity index (χ3n) is 3.78. The van der Waals surface area contributed by atoms with Gasteiger partial charge in [-0.3, -0.25) is 19.3 Å². The number of benzene rings is 1. The fourth-order valence-electron chi connectivity index (χ4n) is 2.46. The van der Waals surface area contributed by atoms with Crippen LogP contribution in [0.15, 0.2) is 30.7 Å².